The summed E-state index contributed by atoms with van der Waals surface area (Å²) in [5, 5.41) is 0. The maximum atomic E-state index is 13.1. The Morgan fingerprint density at radius 3 is 2.06 bits per heavy atom. The topological polar surface area (TPSA) is 66.5 Å². The van der Waals surface area contributed by atoms with Gasteiger partial charge < -0.3 is 28.6 Å². The molecule has 31 heavy (non-hydrogen) atoms. The number of hydrogen-bond acceptors (Lipinski definition) is 6. The minimum atomic E-state index is -0.0684. The molecule has 0 N–H and O–H groups in total. The van der Waals surface area contributed by atoms with E-state index in [4.69, 9.17) is 23.7 Å². The predicted octanol–water partition coefficient (Wildman–Crippen LogP) is 3.93. The third-order valence-corrected chi connectivity index (χ3v) is 5.20. The number of carbonyl (C=O) groups excluding carboxylic acids is 1. The van der Waals surface area contributed by atoms with Crippen molar-refractivity contribution in [3.05, 3.63) is 47.5 Å². The van der Waals surface area contributed by atoms with Crippen LogP contribution in [0.1, 0.15) is 24.0 Å². The van der Waals surface area contributed by atoms with Gasteiger partial charge in [-0.05, 0) is 54.8 Å². The molecule has 0 radical (unpaired) electrons. The summed E-state index contributed by atoms with van der Waals surface area (Å²) in [6.07, 6.45) is 5.32. The van der Waals surface area contributed by atoms with Crippen LogP contribution in [0.15, 0.2) is 36.4 Å². The van der Waals surface area contributed by atoms with Crippen molar-refractivity contribution in [1.29, 1.82) is 0 Å². The van der Waals surface area contributed by atoms with Crippen molar-refractivity contribution in [2.45, 2.75) is 25.4 Å². The SMILES string of the molecule is COc1ccc(OC)c(CN(C(=O)/C=C/c2cc(OC)c(OC)c(OC)c2)C2CC2)c1. The van der Waals surface area contributed by atoms with E-state index >= 15 is 0 Å². The normalized spacial score (nSPS) is 13.1. The fourth-order valence-electron chi connectivity index (χ4n) is 3.42. The van der Waals surface area contributed by atoms with E-state index in [0.29, 0.717) is 23.8 Å². The summed E-state index contributed by atoms with van der Waals surface area (Å²) in [4.78, 5) is 14.9. The molecule has 1 amide bonds. The average Bonchev–Trinajstić information content (AvgIpc) is 3.65. The molecular formula is C24H29NO6. The van der Waals surface area contributed by atoms with Gasteiger partial charge in [-0.1, -0.05) is 0 Å². The molecule has 1 aliphatic rings. The van der Waals surface area contributed by atoms with Crippen LogP contribution in [0.25, 0.3) is 6.08 Å². The molecule has 1 saturated carbocycles. The highest BCUT2D eigenvalue weighted by Gasteiger charge is 2.32. The first-order valence-corrected chi connectivity index (χ1v) is 10.0. The van der Waals surface area contributed by atoms with E-state index in [1.165, 1.54) is 0 Å². The quantitative estimate of drug-likeness (QED) is 0.535. The second-order valence-electron chi connectivity index (χ2n) is 7.17. The Bertz CT molecular complexity index is 926. The molecular weight excluding hydrogens is 398 g/mol. The van der Waals surface area contributed by atoms with Crippen LogP contribution in [0.2, 0.25) is 0 Å². The molecule has 3 rings (SSSR count). The minimum Gasteiger partial charge on any atom is -0.497 e. The zero-order valence-electron chi connectivity index (χ0n) is 18.6. The Morgan fingerprint density at radius 2 is 1.55 bits per heavy atom. The lowest BCUT2D eigenvalue weighted by atomic mass is 10.1. The zero-order valence-corrected chi connectivity index (χ0v) is 18.6. The monoisotopic (exact) mass is 427 g/mol. The molecule has 1 aliphatic carbocycles. The second-order valence-corrected chi connectivity index (χ2v) is 7.17. The van der Waals surface area contributed by atoms with Crippen molar-refractivity contribution in [3.8, 4) is 28.7 Å². The predicted molar refractivity (Wildman–Crippen MR) is 118 cm³/mol. The smallest absolute Gasteiger partial charge is 0.247 e. The fraction of sp³-hybridized carbons (Fsp3) is 0.375. The largest absolute Gasteiger partial charge is 0.497 e. The zero-order chi connectivity index (χ0) is 22.4. The minimum absolute atomic E-state index is 0.0684. The summed E-state index contributed by atoms with van der Waals surface area (Å²) in [5.41, 5.74) is 1.68. The molecule has 0 bridgehead atoms. The van der Waals surface area contributed by atoms with Crippen molar-refractivity contribution in [1.82, 2.24) is 4.90 Å². The molecule has 0 saturated heterocycles. The third-order valence-electron chi connectivity index (χ3n) is 5.20. The summed E-state index contributed by atoms with van der Waals surface area (Å²) in [6, 6.07) is 9.44. The van der Waals surface area contributed by atoms with Crippen molar-refractivity contribution in [2.75, 3.05) is 35.5 Å². The lowest BCUT2D eigenvalue weighted by Crippen LogP contribution is -2.31. The maximum absolute atomic E-state index is 13.1. The molecule has 2 aromatic carbocycles. The van der Waals surface area contributed by atoms with Crippen LogP contribution in [-0.2, 0) is 11.3 Å². The number of hydrogen-bond donors (Lipinski definition) is 0. The molecule has 166 valence electrons. The van der Waals surface area contributed by atoms with Crippen molar-refractivity contribution < 1.29 is 28.5 Å². The summed E-state index contributed by atoms with van der Waals surface area (Å²) in [7, 11) is 7.92. The number of methoxy groups -OCH3 is 5. The van der Waals surface area contributed by atoms with Crippen LogP contribution in [-0.4, -0.2) is 52.4 Å². The van der Waals surface area contributed by atoms with Crippen molar-refractivity contribution >= 4 is 12.0 Å². The molecule has 0 unspecified atom stereocenters. The lowest BCUT2D eigenvalue weighted by Gasteiger charge is -2.22. The van der Waals surface area contributed by atoms with Crippen LogP contribution >= 0.6 is 0 Å². The van der Waals surface area contributed by atoms with E-state index < -0.39 is 0 Å². The van der Waals surface area contributed by atoms with Gasteiger partial charge in [-0.3, -0.25) is 4.79 Å². The van der Waals surface area contributed by atoms with Gasteiger partial charge in [-0.2, -0.15) is 0 Å². The molecule has 0 atom stereocenters. The molecule has 2 aromatic rings. The van der Waals surface area contributed by atoms with E-state index in [1.54, 1.807) is 59.8 Å². The molecule has 0 aromatic heterocycles. The number of ether oxygens (including phenoxy) is 5. The Balaban J connectivity index is 1.83. The highest BCUT2D eigenvalue weighted by atomic mass is 16.5. The van der Waals surface area contributed by atoms with Gasteiger partial charge in [-0.15, -0.1) is 0 Å². The van der Waals surface area contributed by atoms with Gasteiger partial charge in [0.1, 0.15) is 11.5 Å². The third kappa shape index (κ3) is 5.23. The molecule has 0 spiro atoms. The van der Waals surface area contributed by atoms with Crippen LogP contribution in [0.5, 0.6) is 28.7 Å². The molecule has 0 aliphatic heterocycles. The van der Waals surface area contributed by atoms with E-state index in [-0.39, 0.29) is 11.9 Å². The number of benzene rings is 2. The lowest BCUT2D eigenvalue weighted by molar-refractivity contribution is -0.127. The first kappa shape index (κ1) is 22.3. The highest BCUT2D eigenvalue weighted by Crippen LogP contribution is 2.38. The Hall–Kier alpha value is -3.35. The number of amides is 1. The van der Waals surface area contributed by atoms with Gasteiger partial charge in [0.05, 0.1) is 42.1 Å². The average molecular weight is 427 g/mol. The number of carbonyl (C=O) groups is 1. The Labute approximate surface area is 183 Å². The second kappa shape index (κ2) is 10.1. The fourth-order valence-corrected chi connectivity index (χ4v) is 3.42. The number of rotatable bonds is 10. The van der Waals surface area contributed by atoms with Gasteiger partial charge >= 0.3 is 0 Å². The van der Waals surface area contributed by atoms with Crippen LogP contribution in [0.4, 0.5) is 0 Å². The standard InChI is InChI=1S/C24H29NO6/c1-27-19-9-10-20(28-2)17(14-19)15-25(18-7-8-18)23(26)11-6-16-12-21(29-3)24(31-5)22(13-16)30-4/h6,9-14,18H,7-8,15H2,1-5H3/b11-6+. The van der Waals surface area contributed by atoms with Gasteiger partial charge in [0.2, 0.25) is 11.7 Å². The molecule has 7 nitrogen and oxygen atoms in total. The van der Waals surface area contributed by atoms with Crippen LogP contribution < -0.4 is 23.7 Å². The summed E-state index contributed by atoms with van der Waals surface area (Å²) >= 11 is 0. The van der Waals surface area contributed by atoms with Crippen LogP contribution in [0, 0.1) is 0 Å². The van der Waals surface area contributed by atoms with Gasteiger partial charge in [-0.25, -0.2) is 0 Å². The highest BCUT2D eigenvalue weighted by molar-refractivity contribution is 5.92. The van der Waals surface area contributed by atoms with Crippen LogP contribution in [0.3, 0.4) is 0 Å². The van der Waals surface area contributed by atoms with E-state index in [2.05, 4.69) is 0 Å². The van der Waals surface area contributed by atoms with Crippen molar-refractivity contribution in [2.24, 2.45) is 0 Å². The van der Waals surface area contributed by atoms with E-state index in [9.17, 15) is 4.79 Å². The number of nitrogens with zero attached hydrogens (tertiary/aromatic N) is 1. The Kier molecular flexibility index (Phi) is 7.28. The molecule has 0 heterocycles. The Morgan fingerprint density at radius 1 is 0.903 bits per heavy atom. The van der Waals surface area contributed by atoms with E-state index in [1.807, 2.05) is 23.1 Å². The van der Waals surface area contributed by atoms with E-state index in [0.717, 1.165) is 35.5 Å². The first-order valence-electron chi connectivity index (χ1n) is 10.0. The first-order chi connectivity index (χ1) is 15.0. The summed E-state index contributed by atoms with van der Waals surface area (Å²) in [6.45, 7) is 0.448. The van der Waals surface area contributed by atoms with Gasteiger partial charge in [0.25, 0.3) is 0 Å². The van der Waals surface area contributed by atoms with Gasteiger partial charge in [0, 0.05) is 17.7 Å². The molecule has 7 heteroatoms. The van der Waals surface area contributed by atoms with Gasteiger partial charge in [0.15, 0.2) is 11.5 Å². The summed E-state index contributed by atoms with van der Waals surface area (Å²) < 4.78 is 26.9. The molecule has 1 fully saturated rings. The maximum Gasteiger partial charge on any atom is 0.247 e. The summed E-state index contributed by atoms with van der Waals surface area (Å²) in [5.74, 6) is 2.97. The van der Waals surface area contributed by atoms with Crippen molar-refractivity contribution in [3.63, 3.8) is 0 Å².